The summed E-state index contributed by atoms with van der Waals surface area (Å²) in [4.78, 5) is 15.1. The van der Waals surface area contributed by atoms with Gasteiger partial charge in [0.05, 0.1) is 17.6 Å². The molecule has 2 aliphatic rings. The Kier molecular flexibility index (Phi) is 6.39. The van der Waals surface area contributed by atoms with Crippen LogP contribution in [0.5, 0.6) is 5.75 Å². The average Bonchev–Trinajstić information content (AvgIpc) is 2.66. The highest BCUT2D eigenvalue weighted by Crippen LogP contribution is 2.32. The van der Waals surface area contributed by atoms with Crippen LogP contribution in [0.2, 0.25) is 0 Å². The molecule has 0 radical (unpaired) electrons. The molecule has 0 saturated carbocycles. The number of fused-ring (bicyclic) bond motifs is 1. The van der Waals surface area contributed by atoms with Gasteiger partial charge in [-0.3, -0.25) is 4.79 Å². The summed E-state index contributed by atoms with van der Waals surface area (Å²) in [5.41, 5.74) is 0.187. The molecule has 7 nitrogen and oxygen atoms in total. The second kappa shape index (κ2) is 8.58. The molecule has 1 amide bonds. The van der Waals surface area contributed by atoms with Crippen molar-refractivity contribution in [2.75, 3.05) is 26.7 Å². The molecule has 1 aromatic carbocycles. The maximum Gasteiger partial charge on any atom is 0.255 e. The van der Waals surface area contributed by atoms with Crippen LogP contribution in [-0.2, 0) is 10.0 Å². The zero-order valence-electron chi connectivity index (χ0n) is 15.8. The van der Waals surface area contributed by atoms with E-state index in [4.69, 9.17) is 9.88 Å². The van der Waals surface area contributed by atoms with E-state index in [1.807, 2.05) is 0 Å². The van der Waals surface area contributed by atoms with Gasteiger partial charge < -0.3 is 15.0 Å². The first kappa shape index (κ1) is 20.1. The Bertz CT molecular complexity index is 779. The monoisotopic (exact) mass is 395 g/mol. The Morgan fingerprint density at radius 3 is 2.78 bits per heavy atom. The van der Waals surface area contributed by atoms with Gasteiger partial charge in [0.1, 0.15) is 5.75 Å². The number of hydrogen-bond donors (Lipinski definition) is 2. The standard InChI is InChI=1S/C19H29N3O4S/c1-26-18-8-7-15(27(20,24)25)13-16(18)19(23)21-10-9-14-5-4-12-22-11-3-2-6-17(14)22/h7-8,13-14,17H,2-6,9-12H2,1H3,(H,21,23)(H2,20,24,25)/t14-,17+/m0/s1. The first-order valence-electron chi connectivity index (χ1n) is 9.63. The second-order valence-corrected chi connectivity index (χ2v) is 9.01. The number of carbonyl (C=O) groups is 1. The largest absolute Gasteiger partial charge is 0.496 e. The van der Waals surface area contributed by atoms with Gasteiger partial charge in [-0.25, -0.2) is 13.6 Å². The third kappa shape index (κ3) is 4.80. The molecule has 1 aromatic rings. The minimum atomic E-state index is -3.88. The molecule has 0 spiro atoms. The van der Waals surface area contributed by atoms with Gasteiger partial charge in [-0.15, -0.1) is 0 Å². The number of carbonyl (C=O) groups excluding carboxylic acids is 1. The van der Waals surface area contributed by atoms with Crippen molar-refractivity contribution in [3.8, 4) is 5.75 Å². The van der Waals surface area contributed by atoms with Crippen LogP contribution < -0.4 is 15.2 Å². The van der Waals surface area contributed by atoms with Crippen molar-refractivity contribution in [3.05, 3.63) is 23.8 Å². The number of piperidine rings is 2. The smallest absolute Gasteiger partial charge is 0.255 e. The number of amides is 1. The molecule has 2 fully saturated rings. The molecule has 2 atom stereocenters. The first-order chi connectivity index (χ1) is 12.9. The first-order valence-corrected chi connectivity index (χ1v) is 11.2. The molecule has 3 rings (SSSR count). The number of nitrogens with two attached hydrogens (primary N) is 1. The third-order valence-corrected chi connectivity index (χ3v) is 6.68. The van der Waals surface area contributed by atoms with Gasteiger partial charge in [-0.05, 0) is 69.3 Å². The number of rotatable bonds is 6. The van der Waals surface area contributed by atoms with Crippen LogP contribution in [0, 0.1) is 5.92 Å². The zero-order chi connectivity index (χ0) is 19.4. The van der Waals surface area contributed by atoms with Crippen molar-refractivity contribution in [2.24, 2.45) is 11.1 Å². The highest BCUT2D eigenvalue weighted by atomic mass is 32.2. The lowest BCUT2D eigenvalue weighted by atomic mass is 9.81. The molecule has 0 unspecified atom stereocenters. The van der Waals surface area contributed by atoms with E-state index >= 15 is 0 Å². The van der Waals surface area contributed by atoms with E-state index in [1.54, 1.807) is 0 Å². The Labute approximate surface area is 161 Å². The molecular weight excluding hydrogens is 366 g/mol. The maximum atomic E-state index is 12.6. The average molecular weight is 396 g/mol. The highest BCUT2D eigenvalue weighted by Gasteiger charge is 2.32. The van der Waals surface area contributed by atoms with Gasteiger partial charge in [0, 0.05) is 12.6 Å². The van der Waals surface area contributed by atoms with E-state index in [2.05, 4.69) is 10.2 Å². The fourth-order valence-electron chi connectivity index (χ4n) is 4.42. The van der Waals surface area contributed by atoms with Gasteiger partial charge in [0.25, 0.3) is 5.91 Å². The SMILES string of the molecule is COc1ccc(S(N)(=O)=O)cc1C(=O)NCC[C@@H]1CCCN2CCCC[C@H]12. The molecule has 8 heteroatoms. The van der Waals surface area contributed by atoms with E-state index in [-0.39, 0.29) is 16.4 Å². The molecule has 0 aromatic heterocycles. The molecule has 150 valence electrons. The van der Waals surface area contributed by atoms with Gasteiger partial charge in [-0.2, -0.15) is 0 Å². The molecule has 27 heavy (non-hydrogen) atoms. The third-order valence-electron chi connectivity index (χ3n) is 5.77. The topological polar surface area (TPSA) is 102 Å². The molecular formula is C19H29N3O4S. The van der Waals surface area contributed by atoms with Gasteiger partial charge in [-0.1, -0.05) is 6.42 Å². The van der Waals surface area contributed by atoms with E-state index < -0.39 is 10.0 Å². The Balaban J connectivity index is 1.62. The predicted octanol–water partition coefficient (Wildman–Crippen LogP) is 1.73. The van der Waals surface area contributed by atoms with Crippen LogP contribution in [0.1, 0.15) is 48.9 Å². The number of hydrogen-bond acceptors (Lipinski definition) is 5. The van der Waals surface area contributed by atoms with E-state index in [9.17, 15) is 13.2 Å². The zero-order valence-corrected chi connectivity index (χ0v) is 16.6. The maximum absolute atomic E-state index is 12.6. The number of nitrogens with zero attached hydrogens (tertiary/aromatic N) is 1. The van der Waals surface area contributed by atoms with Crippen molar-refractivity contribution in [2.45, 2.75) is 49.5 Å². The normalized spacial score (nSPS) is 23.5. The number of primary sulfonamides is 1. The minimum Gasteiger partial charge on any atom is -0.496 e. The molecule has 2 heterocycles. The summed E-state index contributed by atoms with van der Waals surface area (Å²) in [5, 5.41) is 8.09. The van der Waals surface area contributed by atoms with Crippen molar-refractivity contribution in [1.82, 2.24) is 10.2 Å². The molecule has 2 aliphatic heterocycles. The minimum absolute atomic E-state index is 0.0985. The number of nitrogens with one attached hydrogen (secondary N) is 1. The second-order valence-electron chi connectivity index (χ2n) is 7.45. The molecule has 2 saturated heterocycles. The fraction of sp³-hybridized carbons (Fsp3) is 0.632. The van der Waals surface area contributed by atoms with E-state index in [1.165, 1.54) is 70.5 Å². The Morgan fingerprint density at radius 1 is 1.26 bits per heavy atom. The summed E-state index contributed by atoms with van der Waals surface area (Å²) in [6.45, 7) is 2.97. The summed E-state index contributed by atoms with van der Waals surface area (Å²) in [7, 11) is -2.43. The highest BCUT2D eigenvalue weighted by molar-refractivity contribution is 7.89. The summed E-state index contributed by atoms with van der Waals surface area (Å²) in [6.07, 6.45) is 7.20. The lowest BCUT2D eigenvalue weighted by Crippen LogP contribution is -2.48. The lowest BCUT2D eigenvalue weighted by Gasteiger charge is -2.44. The number of benzene rings is 1. The summed E-state index contributed by atoms with van der Waals surface area (Å²) < 4.78 is 28.3. The summed E-state index contributed by atoms with van der Waals surface area (Å²) in [5.74, 6) is 0.599. The van der Waals surface area contributed by atoms with Crippen LogP contribution in [-0.4, -0.2) is 52.0 Å². The lowest BCUT2D eigenvalue weighted by molar-refractivity contribution is 0.0554. The van der Waals surface area contributed by atoms with Crippen LogP contribution in [0.15, 0.2) is 23.1 Å². The van der Waals surface area contributed by atoms with Crippen LogP contribution in [0.4, 0.5) is 0 Å². The quantitative estimate of drug-likeness (QED) is 0.764. The molecule has 0 aliphatic carbocycles. The van der Waals surface area contributed by atoms with Crippen molar-refractivity contribution in [1.29, 1.82) is 0 Å². The van der Waals surface area contributed by atoms with Crippen LogP contribution in [0.3, 0.4) is 0 Å². The molecule has 3 N–H and O–H groups in total. The summed E-state index contributed by atoms with van der Waals surface area (Å²) >= 11 is 0. The molecule has 0 bridgehead atoms. The van der Waals surface area contributed by atoms with Crippen molar-refractivity contribution < 1.29 is 17.9 Å². The van der Waals surface area contributed by atoms with Gasteiger partial charge in [0.15, 0.2) is 0 Å². The Morgan fingerprint density at radius 2 is 2.04 bits per heavy atom. The van der Waals surface area contributed by atoms with Crippen molar-refractivity contribution >= 4 is 15.9 Å². The summed E-state index contributed by atoms with van der Waals surface area (Å²) in [6, 6.07) is 4.71. The predicted molar refractivity (Wildman–Crippen MR) is 103 cm³/mol. The number of ether oxygens (including phenoxy) is 1. The Hall–Kier alpha value is -1.64. The van der Waals surface area contributed by atoms with Crippen molar-refractivity contribution in [3.63, 3.8) is 0 Å². The number of sulfonamides is 1. The van der Waals surface area contributed by atoms with E-state index in [0.29, 0.717) is 24.3 Å². The van der Waals surface area contributed by atoms with Gasteiger partial charge in [0.2, 0.25) is 10.0 Å². The number of methoxy groups -OCH3 is 1. The van der Waals surface area contributed by atoms with Crippen LogP contribution >= 0.6 is 0 Å². The van der Waals surface area contributed by atoms with E-state index in [0.717, 1.165) is 6.42 Å². The fourth-order valence-corrected chi connectivity index (χ4v) is 4.96. The van der Waals surface area contributed by atoms with Gasteiger partial charge >= 0.3 is 0 Å². The van der Waals surface area contributed by atoms with Crippen LogP contribution in [0.25, 0.3) is 0 Å².